The fourth-order valence-corrected chi connectivity index (χ4v) is 2.45. The number of anilines is 2. The molecule has 5 heteroatoms. The second kappa shape index (κ2) is 6.05. The highest BCUT2D eigenvalue weighted by Gasteiger charge is 2.13. The van der Waals surface area contributed by atoms with Gasteiger partial charge in [0.1, 0.15) is 0 Å². The summed E-state index contributed by atoms with van der Waals surface area (Å²) in [6, 6.07) is 7.63. The minimum Gasteiger partial charge on any atom is -0.387 e. The molecule has 0 aliphatic carbocycles. The Hall–Kier alpha value is -1.88. The molecule has 2 rings (SSSR count). The number of aromatic nitrogens is 1. The maximum absolute atomic E-state index is 12.3. The molecular formula is C15H16BrN3O. The number of pyridine rings is 1. The molecule has 0 aliphatic rings. The summed E-state index contributed by atoms with van der Waals surface area (Å²) in [6.45, 7) is 3.89. The lowest BCUT2D eigenvalue weighted by Crippen LogP contribution is -2.15. The molecular weight excluding hydrogens is 318 g/mol. The van der Waals surface area contributed by atoms with Crippen LogP contribution in [0.3, 0.4) is 0 Å². The normalized spacial score (nSPS) is 10.2. The molecule has 4 nitrogen and oxygen atoms in total. The topological polar surface area (TPSA) is 54.0 Å². The van der Waals surface area contributed by atoms with Gasteiger partial charge in [-0.3, -0.25) is 9.78 Å². The van der Waals surface area contributed by atoms with Crippen LogP contribution in [-0.4, -0.2) is 17.9 Å². The van der Waals surface area contributed by atoms with E-state index in [1.165, 1.54) is 0 Å². The molecule has 0 radical (unpaired) electrons. The van der Waals surface area contributed by atoms with E-state index in [4.69, 9.17) is 0 Å². The van der Waals surface area contributed by atoms with Gasteiger partial charge in [0.25, 0.3) is 5.91 Å². The Morgan fingerprint density at radius 2 is 1.95 bits per heavy atom. The number of hydrogen-bond acceptors (Lipinski definition) is 3. The Balaban J connectivity index is 2.28. The van der Waals surface area contributed by atoms with Gasteiger partial charge in [0.2, 0.25) is 0 Å². The van der Waals surface area contributed by atoms with Gasteiger partial charge in [0.15, 0.2) is 0 Å². The third-order valence-corrected chi connectivity index (χ3v) is 3.58. The first-order chi connectivity index (χ1) is 9.51. The van der Waals surface area contributed by atoms with Gasteiger partial charge in [-0.1, -0.05) is 6.07 Å². The monoisotopic (exact) mass is 333 g/mol. The van der Waals surface area contributed by atoms with Crippen LogP contribution in [0.25, 0.3) is 0 Å². The first-order valence-corrected chi connectivity index (χ1v) is 7.02. The average molecular weight is 334 g/mol. The van der Waals surface area contributed by atoms with E-state index in [-0.39, 0.29) is 5.91 Å². The second-order valence-corrected chi connectivity index (χ2v) is 5.41. The number of nitrogens with zero attached hydrogens (tertiary/aromatic N) is 1. The van der Waals surface area contributed by atoms with Gasteiger partial charge in [0, 0.05) is 23.4 Å². The fraction of sp³-hybridized carbons (Fsp3) is 0.200. The van der Waals surface area contributed by atoms with Crippen molar-refractivity contribution in [3.63, 3.8) is 0 Å². The highest BCUT2D eigenvalue weighted by molar-refractivity contribution is 9.10. The number of nitrogens with one attached hydrogen (secondary N) is 2. The summed E-state index contributed by atoms with van der Waals surface area (Å²) < 4.78 is 0.858. The van der Waals surface area contributed by atoms with E-state index in [0.29, 0.717) is 5.56 Å². The van der Waals surface area contributed by atoms with Gasteiger partial charge in [0.05, 0.1) is 16.9 Å². The molecule has 20 heavy (non-hydrogen) atoms. The molecule has 0 atom stereocenters. The van der Waals surface area contributed by atoms with Crippen LogP contribution in [0, 0.1) is 13.8 Å². The van der Waals surface area contributed by atoms with Crippen LogP contribution in [0.15, 0.2) is 34.9 Å². The molecule has 0 saturated heterocycles. The molecule has 0 fully saturated rings. The van der Waals surface area contributed by atoms with Crippen molar-refractivity contribution >= 4 is 33.2 Å². The largest absolute Gasteiger partial charge is 0.387 e. The third kappa shape index (κ3) is 3.17. The van der Waals surface area contributed by atoms with Crippen LogP contribution in [0.4, 0.5) is 11.4 Å². The van der Waals surface area contributed by atoms with Gasteiger partial charge in [-0.15, -0.1) is 0 Å². The van der Waals surface area contributed by atoms with Crippen molar-refractivity contribution in [3.8, 4) is 0 Å². The predicted octanol–water partition coefficient (Wildman–Crippen LogP) is 3.75. The summed E-state index contributed by atoms with van der Waals surface area (Å²) >= 11 is 3.45. The highest BCUT2D eigenvalue weighted by Crippen LogP contribution is 2.25. The molecule has 104 valence electrons. The van der Waals surface area contributed by atoms with Crippen LogP contribution in [0.1, 0.15) is 21.6 Å². The van der Waals surface area contributed by atoms with Gasteiger partial charge in [-0.25, -0.2) is 0 Å². The van der Waals surface area contributed by atoms with Crippen molar-refractivity contribution in [2.45, 2.75) is 13.8 Å². The van der Waals surface area contributed by atoms with Crippen molar-refractivity contribution in [3.05, 3.63) is 51.8 Å². The van der Waals surface area contributed by atoms with E-state index >= 15 is 0 Å². The average Bonchev–Trinajstić information content (AvgIpc) is 2.41. The van der Waals surface area contributed by atoms with E-state index < -0.39 is 0 Å². The van der Waals surface area contributed by atoms with E-state index in [0.717, 1.165) is 27.1 Å². The smallest absolute Gasteiger partial charge is 0.259 e. The van der Waals surface area contributed by atoms with Crippen molar-refractivity contribution in [2.24, 2.45) is 0 Å². The quantitative estimate of drug-likeness (QED) is 0.899. The lowest BCUT2D eigenvalue weighted by Gasteiger charge is -2.11. The van der Waals surface area contributed by atoms with E-state index in [1.807, 2.05) is 38.1 Å². The molecule has 1 aromatic heterocycles. The summed E-state index contributed by atoms with van der Waals surface area (Å²) in [5.74, 6) is -0.189. The number of carbonyl (C=O) groups excluding carboxylic acids is 1. The lowest BCUT2D eigenvalue weighted by atomic mass is 10.2. The van der Waals surface area contributed by atoms with E-state index in [1.54, 1.807) is 13.2 Å². The molecule has 0 bridgehead atoms. The van der Waals surface area contributed by atoms with Crippen LogP contribution >= 0.6 is 15.9 Å². The minimum absolute atomic E-state index is 0.189. The lowest BCUT2D eigenvalue weighted by molar-refractivity contribution is 0.102. The van der Waals surface area contributed by atoms with Crippen LogP contribution < -0.4 is 10.6 Å². The second-order valence-electron chi connectivity index (χ2n) is 4.56. The summed E-state index contributed by atoms with van der Waals surface area (Å²) in [5.41, 5.74) is 4.01. The molecule has 0 spiro atoms. The summed E-state index contributed by atoms with van der Waals surface area (Å²) in [7, 11) is 1.79. The number of hydrogen-bond donors (Lipinski definition) is 2. The van der Waals surface area contributed by atoms with E-state index in [2.05, 4.69) is 31.5 Å². The molecule has 0 saturated carbocycles. The summed E-state index contributed by atoms with van der Waals surface area (Å²) in [5, 5.41) is 5.90. The number of benzene rings is 1. The summed E-state index contributed by atoms with van der Waals surface area (Å²) in [4.78, 5) is 16.5. The molecule has 1 heterocycles. The van der Waals surface area contributed by atoms with Crippen LogP contribution in [0.2, 0.25) is 0 Å². The third-order valence-electron chi connectivity index (χ3n) is 2.93. The Labute approximate surface area is 126 Å². The number of amides is 1. The van der Waals surface area contributed by atoms with E-state index in [9.17, 15) is 4.79 Å². The zero-order valence-corrected chi connectivity index (χ0v) is 13.2. The highest BCUT2D eigenvalue weighted by atomic mass is 79.9. The van der Waals surface area contributed by atoms with Gasteiger partial charge in [-0.05, 0) is 53.5 Å². The Kier molecular flexibility index (Phi) is 4.39. The number of rotatable bonds is 3. The van der Waals surface area contributed by atoms with Crippen molar-refractivity contribution in [1.82, 2.24) is 4.98 Å². The van der Waals surface area contributed by atoms with Crippen LogP contribution in [0.5, 0.6) is 0 Å². The Bertz CT molecular complexity index is 656. The van der Waals surface area contributed by atoms with Crippen molar-refractivity contribution in [1.29, 1.82) is 0 Å². The van der Waals surface area contributed by atoms with Crippen LogP contribution in [-0.2, 0) is 0 Å². The summed E-state index contributed by atoms with van der Waals surface area (Å²) in [6.07, 6.45) is 1.58. The predicted molar refractivity (Wildman–Crippen MR) is 85.4 cm³/mol. The van der Waals surface area contributed by atoms with Crippen molar-refractivity contribution in [2.75, 3.05) is 17.7 Å². The van der Waals surface area contributed by atoms with Crippen molar-refractivity contribution < 1.29 is 4.79 Å². The molecule has 2 N–H and O–H groups in total. The number of aryl methyl sites for hydroxylation is 2. The molecule has 0 unspecified atom stereocenters. The Morgan fingerprint density at radius 3 is 2.60 bits per heavy atom. The molecule has 0 aliphatic heterocycles. The fourth-order valence-electron chi connectivity index (χ4n) is 1.86. The first-order valence-electron chi connectivity index (χ1n) is 6.23. The van der Waals surface area contributed by atoms with Gasteiger partial charge in [-0.2, -0.15) is 0 Å². The number of carbonyl (C=O) groups is 1. The van der Waals surface area contributed by atoms with Gasteiger partial charge < -0.3 is 10.6 Å². The molecule has 2 aromatic rings. The maximum atomic E-state index is 12.3. The molecule has 1 amide bonds. The maximum Gasteiger partial charge on any atom is 0.259 e. The standard InChI is InChI=1S/C15H16BrN3O/c1-9-4-5-13(12(16)6-9)19-15(20)11-8-18-10(2)7-14(11)17-3/h4-8H,1-3H3,(H,17,18)(H,19,20). The van der Waals surface area contributed by atoms with Gasteiger partial charge >= 0.3 is 0 Å². The molecule has 1 aromatic carbocycles. The number of halogens is 1. The SMILES string of the molecule is CNc1cc(C)ncc1C(=O)Nc1ccc(C)cc1Br. The Morgan fingerprint density at radius 1 is 1.20 bits per heavy atom. The minimum atomic E-state index is -0.189. The zero-order chi connectivity index (χ0) is 14.7. The zero-order valence-electron chi connectivity index (χ0n) is 11.6. The first kappa shape index (κ1) is 14.5.